The fourth-order valence-corrected chi connectivity index (χ4v) is 3.03. The maximum absolute atomic E-state index is 12.5. The van der Waals surface area contributed by atoms with Gasteiger partial charge in [-0.15, -0.1) is 0 Å². The van der Waals surface area contributed by atoms with Gasteiger partial charge in [-0.2, -0.15) is 4.98 Å². The van der Waals surface area contributed by atoms with E-state index in [0.717, 1.165) is 37.4 Å². The summed E-state index contributed by atoms with van der Waals surface area (Å²) in [6.07, 6.45) is 2.18. The number of nitrogens with zero attached hydrogens (tertiary/aromatic N) is 3. The lowest BCUT2D eigenvalue weighted by molar-refractivity contribution is 0.0793. The molecule has 0 saturated carbocycles. The Balaban J connectivity index is 1.80. The minimum absolute atomic E-state index is 0.0866. The van der Waals surface area contributed by atoms with Gasteiger partial charge in [-0.3, -0.25) is 4.79 Å². The van der Waals surface area contributed by atoms with E-state index in [1.807, 2.05) is 35.2 Å². The van der Waals surface area contributed by atoms with Crippen molar-refractivity contribution in [3.05, 3.63) is 47.4 Å². The summed E-state index contributed by atoms with van der Waals surface area (Å²) in [5, 5.41) is 0. The molecule has 2 heterocycles. The number of carbonyl (C=O) groups excluding carboxylic acids is 1. The Morgan fingerprint density at radius 3 is 2.26 bits per heavy atom. The van der Waals surface area contributed by atoms with Crippen molar-refractivity contribution in [3.63, 3.8) is 0 Å². The smallest absolute Gasteiger partial charge is 0.253 e. The summed E-state index contributed by atoms with van der Waals surface area (Å²) in [4.78, 5) is 23.6. The van der Waals surface area contributed by atoms with Crippen LogP contribution < -0.4 is 4.74 Å². The third-order valence-corrected chi connectivity index (χ3v) is 4.72. The van der Waals surface area contributed by atoms with Crippen molar-refractivity contribution in [2.24, 2.45) is 0 Å². The van der Waals surface area contributed by atoms with Crippen molar-refractivity contribution in [3.8, 4) is 11.6 Å². The zero-order valence-electron chi connectivity index (χ0n) is 17.0. The maximum atomic E-state index is 12.5. The minimum atomic E-state index is -0.0866. The number of benzene rings is 1. The first-order chi connectivity index (χ1) is 12.7. The van der Waals surface area contributed by atoms with Crippen LogP contribution >= 0.6 is 0 Å². The Hall–Kier alpha value is -2.43. The monoisotopic (exact) mass is 367 g/mol. The molecule has 1 aliphatic rings. The van der Waals surface area contributed by atoms with Crippen LogP contribution in [0, 0.1) is 0 Å². The minimum Gasteiger partial charge on any atom is -0.439 e. The van der Waals surface area contributed by atoms with Crippen LogP contribution in [0.15, 0.2) is 30.3 Å². The number of amides is 1. The van der Waals surface area contributed by atoms with Crippen molar-refractivity contribution in [2.75, 3.05) is 13.1 Å². The molecule has 0 bridgehead atoms. The third kappa shape index (κ3) is 4.65. The van der Waals surface area contributed by atoms with Crippen LogP contribution in [-0.2, 0) is 5.41 Å². The fraction of sp³-hybridized carbons (Fsp3) is 0.500. The molecule has 1 aliphatic heterocycles. The Bertz CT molecular complexity index is 801. The number of likely N-dealkylation sites (tertiary alicyclic amines) is 1. The quantitative estimate of drug-likeness (QED) is 0.769. The predicted molar refractivity (Wildman–Crippen MR) is 106 cm³/mol. The van der Waals surface area contributed by atoms with Crippen molar-refractivity contribution >= 4 is 5.91 Å². The fourth-order valence-electron chi connectivity index (χ4n) is 3.03. The molecule has 1 aromatic heterocycles. The van der Waals surface area contributed by atoms with Gasteiger partial charge in [0.05, 0.1) is 5.69 Å². The van der Waals surface area contributed by atoms with E-state index >= 15 is 0 Å². The van der Waals surface area contributed by atoms with Crippen LogP contribution in [0.4, 0.5) is 0 Å². The molecule has 2 aromatic rings. The lowest BCUT2D eigenvalue weighted by atomic mass is 9.92. The Labute approximate surface area is 161 Å². The summed E-state index contributed by atoms with van der Waals surface area (Å²) >= 11 is 0. The maximum Gasteiger partial charge on any atom is 0.253 e. The second-order valence-corrected chi connectivity index (χ2v) is 8.48. The van der Waals surface area contributed by atoms with E-state index in [-0.39, 0.29) is 17.2 Å². The van der Waals surface area contributed by atoms with E-state index in [2.05, 4.69) is 44.6 Å². The molecule has 0 unspecified atom stereocenters. The lowest BCUT2D eigenvalue weighted by Crippen LogP contribution is -2.27. The van der Waals surface area contributed by atoms with Gasteiger partial charge in [0.1, 0.15) is 11.6 Å². The normalized spacial score (nSPS) is 14.7. The van der Waals surface area contributed by atoms with Gasteiger partial charge >= 0.3 is 0 Å². The Morgan fingerprint density at radius 1 is 1.07 bits per heavy atom. The molecule has 0 atom stereocenters. The second-order valence-electron chi connectivity index (χ2n) is 8.48. The summed E-state index contributed by atoms with van der Waals surface area (Å²) in [7, 11) is 0. The van der Waals surface area contributed by atoms with Crippen LogP contribution in [0.5, 0.6) is 11.6 Å². The molecule has 1 fully saturated rings. The average molecular weight is 367 g/mol. The molecule has 0 spiro atoms. The number of ether oxygens (including phenoxy) is 1. The highest BCUT2D eigenvalue weighted by molar-refractivity contribution is 5.94. The van der Waals surface area contributed by atoms with Crippen LogP contribution in [0.1, 0.15) is 75.3 Å². The van der Waals surface area contributed by atoms with Gasteiger partial charge in [0.2, 0.25) is 5.88 Å². The summed E-state index contributed by atoms with van der Waals surface area (Å²) in [5.74, 6) is 2.30. The summed E-state index contributed by atoms with van der Waals surface area (Å²) < 4.78 is 5.99. The molecule has 5 nitrogen and oxygen atoms in total. The molecule has 27 heavy (non-hydrogen) atoms. The topological polar surface area (TPSA) is 55.3 Å². The second kappa shape index (κ2) is 7.67. The van der Waals surface area contributed by atoms with Crippen LogP contribution in [0.2, 0.25) is 0 Å². The van der Waals surface area contributed by atoms with Gasteiger partial charge in [0, 0.05) is 36.1 Å². The van der Waals surface area contributed by atoms with Crippen molar-refractivity contribution in [1.29, 1.82) is 0 Å². The molecule has 0 N–H and O–H groups in total. The van der Waals surface area contributed by atoms with Crippen LogP contribution in [-0.4, -0.2) is 33.9 Å². The molecule has 1 aromatic carbocycles. The van der Waals surface area contributed by atoms with E-state index in [9.17, 15) is 4.79 Å². The highest BCUT2D eigenvalue weighted by Gasteiger charge is 2.21. The predicted octanol–water partition coefficient (Wildman–Crippen LogP) is 4.93. The number of rotatable bonds is 4. The van der Waals surface area contributed by atoms with Gasteiger partial charge in [-0.05, 0) is 37.1 Å². The highest BCUT2D eigenvalue weighted by atomic mass is 16.5. The Kier molecular flexibility index (Phi) is 5.49. The van der Waals surface area contributed by atoms with Crippen molar-refractivity contribution in [2.45, 2.75) is 58.8 Å². The SMILES string of the molecule is CC(C)c1nc(Oc2ccc(C(=O)N3CCCC3)cc2)cc(C(C)(C)C)n1. The number of hydrogen-bond acceptors (Lipinski definition) is 4. The first kappa shape index (κ1) is 19.3. The van der Waals surface area contributed by atoms with E-state index in [4.69, 9.17) is 4.74 Å². The van der Waals surface area contributed by atoms with Crippen LogP contribution in [0.25, 0.3) is 0 Å². The average Bonchev–Trinajstić information content (AvgIpc) is 3.15. The Morgan fingerprint density at radius 2 is 1.70 bits per heavy atom. The van der Waals surface area contributed by atoms with Crippen molar-refractivity contribution < 1.29 is 9.53 Å². The van der Waals surface area contributed by atoms with Gasteiger partial charge in [0.25, 0.3) is 5.91 Å². The standard InChI is InChI=1S/C22H29N3O2/c1-15(2)20-23-18(22(3,4)5)14-19(24-20)27-17-10-8-16(9-11-17)21(26)25-12-6-7-13-25/h8-11,14-15H,6-7,12-13H2,1-5H3. The molecule has 0 radical (unpaired) electrons. The molecule has 0 aliphatic carbocycles. The zero-order valence-corrected chi connectivity index (χ0v) is 17.0. The number of aromatic nitrogens is 2. The number of hydrogen-bond donors (Lipinski definition) is 0. The van der Waals surface area contributed by atoms with E-state index < -0.39 is 0 Å². The summed E-state index contributed by atoms with van der Waals surface area (Å²) in [5.41, 5.74) is 1.57. The molecule has 5 heteroatoms. The molecular weight excluding hydrogens is 338 g/mol. The van der Waals surface area contributed by atoms with E-state index in [1.165, 1.54) is 0 Å². The molecule has 144 valence electrons. The van der Waals surface area contributed by atoms with Gasteiger partial charge < -0.3 is 9.64 Å². The highest BCUT2D eigenvalue weighted by Crippen LogP contribution is 2.28. The van der Waals surface area contributed by atoms with Crippen LogP contribution in [0.3, 0.4) is 0 Å². The first-order valence-electron chi connectivity index (χ1n) is 9.70. The first-order valence-corrected chi connectivity index (χ1v) is 9.70. The largest absolute Gasteiger partial charge is 0.439 e. The lowest BCUT2D eigenvalue weighted by Gasteiger charge is -2.20. The zero-order chi connectivity index (χ0) is 19.6. The van der Waals surface area contributed by atoms with E-state index in [1.54, 1.807) is 0 Å². The summed E-state index contributed by atoms with van der Waals surface area (Å²) in [6.45, 7) is 12.2. The van der Waals surface area contributed by atoms with Gasteiger partial charge in [0.15, 0.2) is 0 Å². The molecule has 1 amide bonds. The van der Waals surface area contributed by atoms with Gasteiger partial charge in [-0.1, -0.05) is 34.6 Å². The molecule has 3 rings (SSSR count). The molecular formula is C22H29N3O2. The third-order valence-electron chi connectivity index (χ3n) is 4.72. The van der Waals surface area contributed by atoms with Crippen molar-refractivity contribution in [1.82, 2.24) is 14.9 Å². The van der Waals surface area contributed by atoms with E-state index in [0.29, 0.717) is 17.2 Å². The molecule has 1 saturated heterocycles. The number of carbonyl (C=O) groups is 1. The summed E-state index contributed by atoms with van der Waals surface area (Å²) in [6, 6.07) is 9.21. The van der Waals surface area contributed by atoms with Gasteiger partial charge in [-0.25, -0.2) is 4.98 Å².